The molecule has 1 aromatic rings. The van der Waals surface area contributed by atoms with Gasteiger partial charge in [-0.1, -0.05) is 26.7 Å². The lowest BCUT2D eigenvalue weighted by atomic mass is 9.78. The lowest BCUT2D eigenvalue weighted by Crippen LogP contribution is -2.43. The first-order chi connectivity index (χ1) is 9.79. The molecule has 0 heterocycles. The first-order valence-corrected chi connectivity index (χ1v) is 9.17. The molecule has 2 atom stereocenters. The molecule has 1 aromatic carbocycles. The largest absolute Gasteiger partial charge is 0.399 e. The van der Waals surface area contributed by atoms with Crippen LogP contribution in [0.5, 0.6) is 0 Å². The van der Waals surface area contributed by atoms with Crippen LogP contribution in [0.1, 0.15) is 45.1 Å². The van der Waals surface area contributed by atoms with Crippen LogP contribution in [0.25, 0.3) is 0 Å². The van der Waals surface area contributed by atoms with E-state index in [1.807, 2.05) is 6.92 Å². The third-order valence-corrected chi connectivity index (χ3v) is 5.84. The predicted octanol–water partition coefficient (Wildman–Crippen LogP) is 3.07. The van der Waals surface area contributed by atoms with Gasteiger partial charge in [0.1, 0.15) is 0 Å². The van der Waals surface area contributed by atoms with Gasteiger partial charge >= 0.3 is 0 Å². The van der Waals surface area contributed by atoms with Crippen molar-refractivity contribution in [1.82, 2.24) is 4.72 Å². The Balaban J connectivity index is 2.23. The number of nitrogen functional groups attached to an aromatic ring is 1. The highest BCUT2D eigenvalue weighted by molar-refractivity contribution is 7.89. The van der Waals surface area contributed by atoms with Gasteiger partial charge in [0.25, 0.3) is 0 Å². The fraction of sp³-hybridized carbons (Fsp3) is 0.625. The molecule has 0 aliphatic heterocycles. The Hall–Kier alpha value is -1.07. The lowest BCUT2D eigenvalue weighted by Gasteiger charge is -2.34. The molecule has 118 valence electrons. The molecule has 1 aliphatic carbocycles. The minimum Gasteiger partial charge on any atom is -0.399 e. The highest BCUT2D eigenvalue weighted by atomic mass is 32.2. The zero-order valence-electron chi connectivity index (χ0n) is 13.1. The van der Waals surface area contributed by atoms with Gasteiger partial charge in [-0.3, -0.25) is 0 Å². The Morgan fingerprint density at radius 2 is 1.86 bits per heavy atom. The zero-order valence-corrected chi connectivity index (χ0v) is 13.9. The molecule has 1 fully saturated rings. The summed E-state index contributed by atoms with van der Waals surface area (Å²) in [5.41, 5.74) is 7.12. The SMILES string of the molecule is Cc1cc(N)cc(S(=O)(=O)NC2CCCCC2C(C)C)c1. The average molecular weight is 310 g/mol. The van der Waals surface area contributed by atoms with Crippen molar-refractivity contribution in [1.29, 1.82) is 0 Å². The fourth-order valence-electron chi connectivity index (χ4n) is 3.30. The van der Waals surface area contributed by atoms with Crippen LogP contribution in [0, 0.1) is 18.8 Å². The summed E-state index contributed by atoms with van der Waals surface area (Å²) in [7, 11) is -3.50. The molecule has 2 rings (SSSR count). The van der Waals surface area contributed by atoms with E-state index in [0.29, 0.717) is 17.5 Å². The molecule has 0 saturated heterocycles. The molecule has 21 heavy (non-hydrogen) atoms. The molecular weight excluding hydrogens is 284 g/mol. The molecule has 0 radical (unpaired) electrons. The standard InChI is InChI=1S/C16H26N2O2S/c1-11(2)15-6-4-5-7-16(15)18-21(19,20)14-9-12(3)8-13(17)10-14/h8-11,15-16,18H,4-7,17H2,1-3H3. The average Bonchev–Trinajstić information content (AvgIpc) is 2.37. The summed E-state index contributed by atoms with van der Waals surface area (Å²) in [5.74, 6) is 0.899. The summed E-state index contributed by atoms with van der Waals surface area (Å²) in [6.45, 7) is 6.19. The van der Waals surface area contributed by atoms with Crippen LogP contribution in [0.3, 0.4) is 0 Å². The summed E-state index contributed by atoms with van der Waals surface area (Å²) in [4.78, 5) is 0.271. The minimum atomic E-state index is -3.50. The molecule has 2 unspecified atom stereocenters. The minimum absolute atomic E-state index is 0.0329. The van der Waals surface area contributed by atoms with E-state index in [1.165, 1.54) is 12.5 Å². The Morgan fingerprint density at radius 3 is 2.48 bits per heavy atom. The number of hydrogen-bond acceptors (Lipinski definition) is 3. The topological polar surface area (TPSA) is 72.2 Å². The van der Waals surface area contributed by atoms with E-state index in [4.69, 9.17) is 5.73 Å². The molecular formula is C16H26N2O2S. The van der Waals surface area contributed by atoms with Gasteiger partial charge in [-0.25, -0.2) is 13.1 Å². The summed E-state index contributed by atoms with van der Waals surface area (Å²) in [5, 5.41) is 0. The van der Waals surface area contributed by atoms with Gasteiger partial charge in [-0.15, -0.1) is 0 Å². The maximum absolute atomic E-state index is 12.6. The van der Waals surface area contributed by atoms with Crippen LogP contribution in [0.15, 0.2) is 23.1 Å². The Kier molecular flexibility index (Phi) is 4.94. The van der Waals surface area contributed by atoms with E-state index in [1.54, 1.807) is 12.1 Å². The van der Waals surface area contributed by atoms with Gasteiger partial charge in [0.05, 0.1) is 4.90 Å². The van der Waals surface area contributed by atoms with Crippen molar-refractivity contribution in [3.8, 4) is 0 Å². The second-order valence-corrected chi connectivity index (χ2v) is 8.21. The van der Waals surface area contributed by atoms with E-state index >= 15 is 0 Å². The lowest BCUT2D eigenvalue weighted by molar-refractivity contribution is 0.226. The molecule has 3 N–H and O–H groups in total. The van der Waals surface area contributed by atoms with Gasteiger partial charge in [0.2, 0.25) is 10.0 Å². The molecule has 4 nitrogen and oxygen atoms in total. The van der Waals surface area contributed by atoms with Crippen LogP contribution < -0.4 is 10.5 Å². The smallest absolute Gasteiger partial charge is 0.240 e. The Labute approximate surface area is 128 Å². The second-order valence-electron chi connectivity index (χ2n) is 6.50. The maximum atomic E-state index is 12.6. The van der Waals surface area contributed by atoms with Crippen molar-refractivity contribution < 1.29 is 8.42 Å². The fourth-order valence-corrected chi connectivity index (χ4v) is 4.76. The second kappa shape index (κ2) is 6.36. The van der Waals surface area contributed by atoms with Gasteiger partial charge in [-0.05, 0) is 55.4 Å². The monoisotopic (exact) mass is 310 g/mol. The van der Waals surface area contributed by atoms with Crippen molar-refractivity contribution in [3.05, 3.63) is 23.8 Å². The number of benzene rings is 1. The third-order valence-electron chi connectivity index (χ3n) is 4.37. The van der Waals surface area contributed by atoms with Crippen molar-refractivity contribution in [2.45, 2.75) is 57.4 Å². The van der Waals surface area contributed by atoms with Crippen molar-refractivity contribution in [2.24, 2.45) is 11.8 Å². The first-order valence-electron chi connectivity index (χ1n) is 7.69. The summed E-state index contributed by atoms with van der Waals surface area (Å²) < 4.78 is 28.1. The summed E-state index contributed by atoms with van der Waals surface area (Å²) >= 11 is 0. The number of rotatable bonds is 4. The highest BCUT2D eigenvalue weighted by Gasteiger charge is 2.31. The highest BCUT2D eigenvalue weighted by Crippen LogP contribution is 2.31. The van der Waals surface area contributed by atoms with Crippen molar-refractivity contribution >= 4 is 15.7 Å². The van der Waals surface area contributed by atoms with E-state index in [-0.39, 0.29) is 10.9 Å². The molecule has 1 aliphatic rings. The molecule has 0 spiro atoms. The van der Waals surface area contributed by atoms with Gasteiger partial charge in [0.15, 0.2) is 0 Å². The van der Waals surface area contributed by atoms with Crippen molar-refractivity contribution in [2.75, 3.05) is 5.73 Å². The zero-order chi connectivity index (χ0) is 15.6. The van der Waals surface area contributed by atoms with Gasteiger partial charge < -0.3 is 5.73 Å². The van der Waals surface area contributed by atoms with Gasteiger partial charge in [-0.2, -0.15) is 0 Å². The number of anilines is 1. The summed E-state index contributed by atoms with van der Waals surface area (Å²) in [6, 6.07) is 5.01. The number of nitrogens with one attached hydrogen (secondary N) is 1. The molecule has 0 bridgehead atoms. The Bertz CT molecular complexity index is 576. The Morgan fingerprint density at radius 1 is 1.19 bits per heavy atom. The van der Waals surface area contributed by atoms with Crippen LogP contribution in [-0.4, -0.2) is 14.5 Å². The van der Waals surface area contributed by atoms with Crippen LogP contribution >= 0.6 is 0 Å². The molecule has 0 amide bonds. The van der Waals surface area contributed by atoms with E-state index < -0.39 is 10.0 Å². The third kappa shape index (κ3) is 3.98. The van der Waals surface area contributed by atoms with E-state index in [9.17, 15) is 8.42 Å². The van der Waals surface area contributed by atoms with Gasteiger partial charge in [0, 0.05) is 11.7 Å². The quantitative estimate of drug-likeness (QED) is 0.840. The number of aryl methyl sites for hydroxylation is 1. The number of sulfonamides is 1. The first kappa shape index (κ1) is 16.3. The number of hydrogen-bond donors (Lipinski definition) is 2. The normalized spacial score (nSPS) is 23.4. The van der Waals surface area contributed by atoms with Crippen LogP contribution in [-0.2, 0) is 10.0 Å². The van der Waals surface area contributed by atoms with Crippen LogP contribution in [0.4, 0.5) is 5.69 Å². The van der Waals surface area contributed by atoms with Crippen molar-refractivity contribution in [3.63, 3.8) is 0 Å². The van der Waals surface area contributed by atoms with E-state index in [2.05, 4.69) is 18.6 Å². The van der Waals surface area contributed by atoms with E-state index in [0.717, 1.165) is 24.8 Å². The molecule has 5 heteroatoms. The maximum Gasteiger partial charge on any atom is 0.240 e. The van der Waals surface area contributed by atoms with Crippen LogP contribution in [0.2, 0.25) is 0 Å². The molecule has 0 aromatic heterocycles. The number of nitrogens with two attached hydrogens (primary N) is 1. The molecule has 1 saturated carbocycles. The summed E-state index contributed by atoms with van der Waals surface area (Å²) in [6.07, 6.45) is 4.30. The predicted molar refractivity (Wildman–Crippen MR) is 86.5 cm³/mol.